The first-order chi connectivity index (χ1) is 10.7. The highest BCUT2D eigenvalue weighted by atomic mass is 35.5. The number of benzene rings is 1. The van der Waals surface area contributed by atoms with Gasteiger partial charge in [-0.2, -0.15) is 0 Å². The van der Waals surface area contributed by atoms with Gasteiger partial charge in [0, 0.05) is 32.7 Å². The van der Waals surface area contributed by atoms with Crippen molar-refractivity contribution in [2.24, 2.45) is 5.92 Å². The van der Waals surface area contributed by atoms with E-state index in [1.54, 1.807) is 0 Å². The molecule has 1 saturated heterocycles. The first kappa shape index (κ1) is 16.9. The SMILES string of the molecule is CCC(CC)CNC(=O)N1CCN(c2ccccc2Cl)CC1. The normalized spacial score (nSPS) is 15.3. The molecule has 1 aliphatic heterocycles. The van der Waals surface area contributed by atoms with Crippen molar-refractivity contribution >= 4 is 23.3 Å². The smallest absolute Gasteiger partial charge is 0.317 e. The van der Waals surface area contributed by atoms with Crippen LogP contribution in [0.25, 0.3) is 0 Å². The molecule has 1 aromatic carbocycles. The molecule has 0 atom stereocenters. The summed E-state index contributed by atoms with van der Waals surface area (Å²) in [5, 5.41) is 3.84. The molecule has 2 rings (SSSR count). The molecule has 122 valence electrons. The molecule has 0 saturated carbocycles. The second-order valence-electron chi connectivity index (χ2n) is 5.79. The molecule has 4 nitrogen and oxygen atoms in total. The molecule has 0 unspecified atom stereocenters. The van der Waals surface area contributed by atoms with Gasteiger partial charge in [-0.05, 0) is 18.1 Å². The van der Waals surface area contributed by atoms with Gasteiger partial charge in [0.1, 0.15) is 0 Å². The zero-order valence-electron chi connectivity index (χ0n) is 13.5. The molecular formula is C17H26ClN3O. The van der Waals surface area contributed by atoms with Crippen molar-refractivity contribution in [2.75, 3.05) is 37.6 Å². The van der Waals surface area contributed by atoms with Gasteiger partial charge in [-0.15, -0.1) is 0 Å². The van der Waals surface area contributed by atoms with Crippen LogP contribution in [0.5, 0.6) is 0 Å². The molecule has 0 aromatic heterocycles. The molecule has 1 N–H and O–H groups in total. The van der Waals surface area contributed by atoms with Crippen molar-refractivity contribution in [1.82, 2.24) is 10.2 Å². The van der Waals surface area contributed by atoms with Crippen molar-refractivity contribution in [3.8, 4) is 0 Å². The number of nitrogens with one attached hydrogen (secondary N) is 1. The molecule has 0 aliphatic carbocycles. The number of anilines is 1. The molecule has 1 aromatic rings. The zero-order chi connectivity index (χ0) is 15.9. The molecule has 1 aliphatic rings. The fourth-order valence-corrected chi connectivity index (χ4v) is 3.03. The van der Waals surface area contributed by atoms with Crippen LogP contribution in [-0.4, -0.2) is 43.7 Å². The summed E-state index contributed by atoms with van der Waals surface area (Å²) in [5.74, 6) is 0.577. The Hall–Kier alpha value is -1.42. The van der Waals surface area contributed by atoms with Crippen molar-refractivity contribution in [3.63, 3.8) is 0 Å². The number of carbonyl (C=O) groups is 1. The number of hydrogen-bond acceptors (Lipinski definition) is 2. The summed E-state index contributed by atoms with van der Waals surface area (Å²) in [4.78, 5) is 16.4. The first-order valence-corrected chi connectivity index (χ1v) is 8.55. The van der Waals surface area contributed by atoms with E-state index in [0.717, 1.165) is 56.3 Å². The Balaban J connectivity index is 1.82. The van der Waals surface area contributed by atoms with Gasteiger partial charge in [0.2, 0.25) is 0 Å². The Morgan fingerprint density at radius 1 is 1.18 bits per heavy atom. The lowest BCUT2D eigenvalue weighted by Crippen LogP contribution is -2.52. The third-order valence-corrected chi connectivity index (χ3v) is 4.78. The maximum absolute atomic E-state index is 12.2. The Morgan fingerprint density at radius 2 is 1.82 bits per heavy atom. The maximum atomic E-state index is 12.2. The van der Waals surface area contributed by atoms with Crippen LogP contribution in [-0.2, 0) is 0 Å². The van der Waals surface area contributed by atoms with Gasteiger partial charge in [0.15, 0.2) is 0 Å². The number of halogens is 1. The average Bonchev–Trinajstić information content (AvgIpc) is 2.56. The standard InChI is InChI=1S/C17H26ClN3O/c1-3-14(4-2)13-19-17(22)21-11-9-20(10-12-21)16-8-6-5-7-15(16)18/h5-8,14H,3-4,9-13H2,1-2H3,(H,19,22). The average molecular weight is 324 g/mol. The van der Waals surface area contributed by atoms with Gasteiger partial charge in [-0.3, -0.25) is 0 Å². The van der Waals surface area contributed by atoms with Crippen molar-refractivity contribution in [3.05, 3.63) is 29.3 Å². The second-order valence-corrected chi connectivity index (χ2v) is 6.20. The molecule has 1 fully saturated rings. The van der Waals surface area contributed by atoms with E-state index in [4.69, 9.17) is 11.6 Å². The van der Waals surface area contributed by atoms with E-state index in [1.807, 2.05) is 29.2 Å². The molecule has 0 bridgehead atoms. The van der Waals surface area contributed by atoms with E-state index in [0.29, 0.717) is 5.92 Å². The number of carbonyl (C=O) groups excluding carboxylic acids is 1. The third-order valence-electron chi connectivity index (χ3n) is 4.46. The zero-order valence-corrected chi connectivity index (χ0v) is 14.3. The number of para-hydroxylation sites is 1. The highest BCUT2D eigenvalue weighted by molar-refractivity contribution is 6.33. The summed E-state index contributed by atoms with van der Waals surface area (Å²) in [6.45, 7) is 8.23. The van der Waals surface area contributed by atoms with Crippen molar-refractivity contribution in [2.45, 2.75) is 26.7 Å². The fraction of sp³-hybridized carbons (Fsp3) is 0.588. The number of urea groups is 1. The van der Waals surface area contributed by atoms with Crippen molar-refractivity contribution in [1.29, 1.82) is 0 Å². The number of nitrogens with zero attached hydrogens (tertiary/aromatic N) is 2. The van der Waals surface area contributed by atoms with Gasteiger partial charge in [0.05, 0.1) is 10.7 Å². The largest absolute Gasteiger partial charge is 0.367 e. The lowest BCUT2D eigenvalue weighted by atomic mass is 10.0. The summed E-state index contributed by atoms with van der Waals surface area (Å²) in [6, 6.07) is 7.94. The quantitative estimate of drug-likeness (QED) is 0.898. The first-order valence-electron chi connectivity index (χ1n) is 8.18. The van der Waals surface area contributed by atoms with Gasteiger partial charge >= 0.3 is 6.03 Å². The summed E-state index contributed by atoms with van der Waals surface area (Å²) in [5.41, 5.74) is 1.06. The summed E-state index contributed by atoms with van der Waals surface area (Å²) in [6.07, 6.45) is 2.22. The van der Waals surface area contributed by atoms with Crippen LogP contribution in [0.15, 0.2) is 24.3 Å². The van der Waals surface area contributed by atoms with E-state index in [1.165, 1.54) is 0 Å². The topological polar surface area (TPSA) is 35.6 Å². The number of hydrogen-bond donors (Lipinski definition) is 1. The maximum Gasteiger partial charge on any atom is 0.317 e. The van der Waals surface area contributed by atoms with Gasteiger partial charge < -0.3 is 15.1 Å². The van der Waals surface area contributed by atoms with E-state index >= 15 is 0 Å². The third kappa shape index (κ3) is 4.29. The Bertz CT molecular complexity index is 483. The molecule has 22 heavy (non-hydrogen) atoms. The number of amides is 2. The Labute approximate surface area is 138 Å². The van der Waals surface area contributed by atoms with Crippen LogP contribution < -0.4 is 10.2 Å². The minimum Gasteiger partial charge on any atom is -0.367 e. The van der Waals surface area contributed by atoms with Crippen molar-refractivity contribution < 1.29 is 4.79 Å². The van der Waals surface area contributed by atoms with Gasteiger partial charge in [0.25, 0.3) is 0 Å². The van der Waals surface area contributed by atoms with Crippen LogP contribution >= 0.6 is 11.6 Å². The summed E-state index contributed by atoms with van der Waals surface area (Å²) >= 11 is 6.24. The molecule has 0 radical (unpaired) electrons. The highest BCUT2D eigenvalue weighted by Crippen LogP contribution is 2.25. The fourth-order valence-electron chi connectivity index (χ4n) is 2.78. The highest BCUT2D eigenvalue weighted by Gasteiger charge is 2.22. The molecule has 0 spiro atoms. The molecular weight excluding hydrogens is 298 g/mol. The predicted molar refractivity (Wildman–Crippen MR) is 92.7 cm³/mol. The number of piperazine rings is 1. The van der Waals surface area contributed by atoms with E-state index in [9.17, 15) is 4.79 Å². The minimum absolute atomic E-state index is 0.0608. The summed E-state index contributed by atoms with van der Waals surface area (Å²) in [7, 11) is 0. The molecule has 5 heteroatoms. The van der Waals surface area contributed by atoms with Crippen LogP contribution in [0.2, 0.25) is 5.02 Å². The van der Waals surface area contributed by atoms with E-state index in [2.05, 4.69) is 24.1 Å². The Kier molecular flexibility index (Phi) is 6.37. The minimum atomic E-state index is 0.0608. The monoisotopic (exact) mass is 323 g/mol. The lowest BCUT2D eigenvalue weighted by Gasteiger charge is -2.36. The molecule has 1 heterocycles. The second kappa shape index (κ2) is 8.28. The lowest BCUT2D eigenvalue weighted by molar-refractivity contribution is 0.192. The van der Waals surface area contributed by atoms with Gasteiger partial charge in [-0.25, -0.2) is 4.79 Å². The number of rotatable bonds is 5. The van der Waals surface area contributed by atoms with Crippen LogP contribution in [0.4, 0.5) is 10.5 Å². The molecule has 2 amide bonds. The van der Waals surface area contributed by atoms with E-state index < -0.39 is 0 Å². The summed E-state index contributed by atoms with van der Waals surface area (Å²) < 4.78 is 0. The van der Waals surface area contributed by atoms with Crippen LogP contribution in [0.1, 0.15) is 26.7 Å². The van der Waals surface area contributed by atoms with Gasteiger partial charge in [-0.1, -0.05) is 50.4 Å². The predicted octanol–water partition coefficient (Wildman–Crippen LogP) is 3.61. The van der Waals surface area contributed by atoms with E-state index in [-0.39, 0.29) is 6.03 Å². The van der Waals surface area contributed by atoms with Crippen LogP contribution in [0, 0.1) is 5.92 Å². The van der Waals surface area contributed by atoms with Crippen LogP contribution in [0.3, 0.4) is 0 Å². The Morgan fingerprint density at radius 3 is 2.41 bits per heavy atom.